The molecule has 1 saturated heterocycles. The van der Waals surface area contributed by atoms with Gasteiger partial charge in [0.2, 0.25) is 0 Å². The van der Waals surface area contributed by atoms with Crippen molar-refractivity contribution in [2.75, 3.05) is 19.7 Å². The summed E-state index contributed by atoms with van der Waals surface area (Å²) in [4.78, 5) is 11.0. The first-order valence-electron chi connectivity index (χ1n) is 8.11. The average molecular weight is 315 g/mol. The lowest BCUT2D eigenvalue weighted by molar-refractivity contribution is -0.0305. The molecule has 122 valence electrons. The number of ether oxygens (including phenoxy) is 1. The Morgan fingerprint density at radius 1 is 1.26 bits per heavy atom. The molecule has 0 N–H and O–H groups in total. The number of hydrogen-bond acceptors (Lipinski definition) is 4. The highest BCUT2D eigenvalue weighted by atomic mass is 19.1. The molecule has 1 aliphatic rings. The number of hydrogen-bond donors (Lipinski definition) is 0. The molecule has 1 aromatic carbocycles. The number of rotatable bonds is 5. The maximum atomic E-state index is 13.3. The van der Waals surface area contributed by atoms with E-state index >= 15 is 0 Å². The molecule has 2 heterocycles. The molecule has 5 heteroatoms. The highest BCUT2D eigenvalue weighted by molar-refractivity contribution is 5.17. The van der Waals surface area contributed by atoms with Crippen molar-refractivity contribution < 1.29 is 9.13 Å². The van der Waals surface area contributed by atoms with Gasteiger partial charge in [-0.1, -0.05) is 19.1 Å². The summed E-state index contributed by atoms with van der Waals surface area (Å²) in [6.07, 6.45) is 5.50. The van der Waals surface area contributed by atoms with Gasteiger partial charge in [-0.15, -0.1) is 0 Å². The first-order chi connectivity index (χ1) is 11.2. The quantitative estimate of drug-likeness (QED) is 0.850. The van der Waals surface area contributed by atoms with E-state index in [-0.39, 0.29) is 11.9 Å². The molecule has 0 amide bonds. The van der Waals surface area contributed by atoms with Crippen LogP contribution in [-0.2, 0) is 24.1 Å². The van der Waals surface area contributed by atoms with Gasteiger partial charge < -0.3 is 4.74 Å². The molecular weight excluding hydrogens is 293 g/mol. The van der Waals surface area contributed by atoms with Gasteiger partial charge in [0, 0.05) is 44.0 Å². The maximum absolute atomic E-state index is 13.3. The van der Waals surface area contributed by atoms with Crippen LogP contribution >= 0.6 is 0 Å². The van der Waals surface area contributed by atoms with Crippen LogP contribution < -0.4 is 0 Å². The summed E-state index contributed by atoms with van der Waals surface area (Å²) in [5.41, 5.74) is 2.10. The van der Waals surface area contributed by atoms with Gasteiger partial charge in [0.1, 0.15) is 11.6 Å². The molecule has 23 heavy (non-hydrogen) atoms. The first-order valence-corrected chi connectivity index (χ1v) is 8.11. The SMILES string of the molecule is CCc1ncc(CN2CCO[C@@H](Cc3cccc(F)c3)C2)cn1. The molecule has 0 radical (unpaired) electrons. The molecule has 1 fully saturated rings. The second-order valence-electron chi connectivity index (χ2n) is 5.92. The third-order valence-electron chi connectivity index (χ3n) is 4.06. The van der Waals surface area contributed by atoms with E-state index in [1.807, 2.05) is 25.4 Å². The number of aryl methyl sites for hydroxylation is 1. The molecule has 4 nitrogen and oxygen atoms in total. The largest absolute Gasteiger partial charge is 0.375 e. The highest BCUT2D eigenvalue weighted by Crippen LogP contribution is 2.14. The average Bonchev–Trinajstić information content (AvgIpc) is 2.56. The van der Waals surface area contributed by atoms with Gasteiger partial charge in [-0.05, 0) is 24.1 Å². The van der Waals surface area contributed by atoms with Gasteiger partial charge in [0.25, 0.3) is 0 Å². The van der Waals surface area contributed by atoms with E-state index in [2.05, 4.69) is 14.9 Å². The van der Waals surface area contributed by atoms with Crippen molar-refractivity contribution in [1.82, 2.24) is 14.9 Å². The lowest BCUT2D eigenvalue weighted by Gasteiger charge is -2.33. The molecule has 3 rings (SSSR count). The zero-order chi connectivity index (χ0) is 16.1. The highest BCUT2D eigenvalue weighted by Gasteiger charge is 2.21. The van der Waals surface area contributed by atoms with Crippen LogP contribution in [0.2, 0.25) is 0 Å². The van der Waals surface area contributed by atoms with Crippen LogP contribution in [0.4, 0.5) is 4.39 Å². The van der Waals surface area contributed by atoms with Crippen LogP contribution in [0.25, 0.3) is 0 Å². The zero-order valence-corrected chi connectivity index (χ0v) is 13.4. The minimum atomic E-state index is -0.191. The van der Waals surface area contributed by atoms with Crippen molar-refractivity contribution in [2.45, 2.75) is 32.4 Å². The van der Waals surface area contributed by atoms with Crippen LogP contribution in [0.5, 0.6) is 0 Å². The molecule has 0 spiro atoms. The van der Waals surface area contributed by atoms with Crippen molar-refractivity contribution in [3.63, 3.8) is 0 Å². The number of morpholine rings is 1. The topological polar surface area (TPSA) is 38.2 Å². The number of nitrogens with zero attached hydrogens (tertiary/aromatic N) is 3. The van der Waals surface area contributed by atoms with Crippen LogP contribution in [0, 0.1) is 5.82 Å². The third kappa shape index (κ3) is 4.56. The van der Waals surface area contributed by atoms with Crippen molar-refractivity contribution in [3.8, 4) is 0 Å². The van der Waals surface area contributed by atoms with Crippen molar-refractivity contribution in [1.29, 1.82) is 0 Å². The fourth-order valence-corrected chi connectivity index (χ4v) is 2.88. The molecule has 1 aromatic heterocycles. The predicted molar refractivity (Wildman–Crippen MR) is 86.5 cm³/mol. The summed E-state index contributed by atoms with van der Waals surface area (Å²) >= 11 is 0. The third-order valence-corrected chi connectivity index (χ3v) is 4.06. The van der Waals surface area contributed by atoms with E-state index in [1.165, 1.54) is 6.07 Å². The molecule has 1 aliphatic heterocycles. The fourth-order valence-electron chi connectivity index (χ4n) is 2.88. The smallest absolute Gasteiger partial charge is 0.127 e. The normalized spacial score (nSPS) is 19.0. The van der Waals surface area contributed by atoms with Gasteiger partial charge in [-0.3, -0.25) is 4.90 Å². The van der Waals surface area contributed by atoms with E-state index in [0.717, 1.165) is 49.4 Å². The summed E-state index contributed by atoms with van der Waals surface area (Å²) < 4.78 is 19.1. The Balaban J connectivity index is 1.57. The second kappa shape index (κ2) is 7.62. The van der Waals surface area contributed by atoms with E-state index in [1.54, 1.807) is 12.1 Å². The minimum Gasteiger partial charge on any atom is -0.375 e. The van der Waals surface area contributed by atoms with Crippen molar-refractivity contribution in [2.24, 2.45) is 0 Å². The summed E-state index contributed by atoms with van der Waals surface area (Å²) in [6, 6.07) is 6.75. The first kappa shape index (κ1) is 16.0. The van der Waals surface area contributed by atoms with Gasteiger partial charge in [-0.25, -0.2) is 14.4 Å². The second-order valence-corrected chi connectivity index (χ2v) is 5.92. The molecule has 0 aliphatic carbocycles. The summed E-state index contributed by atoms with van der Waals surface area (Å²) in [6.45, 7) is 5.32. The summed E-state index contributed by atoms with van der Waals surface area (Å²) in [7, 11) is 0. The van der Waals surface area contributed by atoms with Crippen molar-refractivity contribution in [3.05, 3.63) is 59.4 Å². The molecule has 0 saturated carbocycles. The predicted octanol–water partition coefficient (Wildman–Crippen LogP) is 2.62. The standard InChI is InChI=1S/C18H22FN3O/c1-2-18-20-10-15(11-21-18)12-22-6-7-23-17(13-22)9-14-4-3-5-16(19)8-14/h3-5,8,10-11,17H,2,6-7,9,12-13H2,1H3/t17-/m0/s1. The Hall–Kier alpha value is -1.85. The van der Waals surface area contributed by atoms with E-state index in [0.29, 0.717) is 6.61 Å². The molecule has 0 unspecified atom stereocenters. The number of aromatic nitrogens is 2. The summed E-state index contributed by atoms with van der Waals surface area (Å²) in [5, 5.41) is 0. The van der Waals surface area contributed by atoms with Gasteiger partial charge in [-0.2, -0.15) is 0 Å². The van der Waals surface area contributed by atoms with Gasteiger partial charge in [0.05, 0.1) is 12.7 Å². The Morgan fingerprint density at radius 3 is 2.83 bits per heavy atom. The van der Waals surface area contributed by atoms with Crippen LogP contribution in [0.15, 0.2) is 36.7 Å². The Morgan fingerprint density at radius 2 is 2.09 bits per heavy atom. The zero-order valence-electron chi connectivity index (χ0n) is 13.4. The van der Waals surface area contributed by atoms with Gasteiger partial charge in [0.15, 0.2) is 0 Å². The molecule has 1 atom stereocenters. The minimum absolute atomic E-state index is 0.0985. The molecule has 0 bridgehead atoms. The lowest BCUT2D eigenvalue weighted by Crippen LogP contribution is -2.42. The van der Waals surface area contributed by atoms with Crippen LogP contribution in [0.3, 0.4) is 0 Å². The van der Waals surface area contributed by atoms with E-state index in [9.17, 15) is 4.39 Å². The van der Waals surface area contributed by atoms with Gasteiger partial charge >= 0.3 is 0 Å². The Labute approximate surface area is 136 Å². The van der Waals surface area contributed by atoms with Crippen LogP contribution in [-0.4, -0.2) is 40.7 Å². The number of benzene rings is 1. The van der Waals surface area contributed by atoms with Crippen LogP contribution in [0.1, 0.15) is 23.9 Å². The van der Waals surface area contributed by atoms with Crippen molar-refractivity contribution >= 4 is 0 Å². The Bertz CT molecular complexity index is 632. The van der Waals surface area contributed by atoms with E-state index < -0.39 is 0 Å². The summed E-state index contributed by atoms with van der Waals surface area (Å²) in [5.74, 6) is 0.683. The number of halogens is 1. The molecule has 2 aromatic rings. The lowest BCUT2D eigenvalue weighted by atomic mass is 10.1. The fraction of sp³-hybridized carbons (Fsp3) is 0.444. The maximum Gasteiger partial charge on any atom is 0.127 e. The monoisotopic (exact) mass is 315 g/mol. The van der Waals surface area contributed by atoms with E-state index in [4.69, 9.17) is 4.74 Å². The molecular formula is C18H22FN3O. The Kier molecular flexibility index (Phi) is 5.31.